The number of fused-ring (bicyclic) bond motifs is 2. The molecule has 4 heteroatoms. The summed E-state index contributed by atoms with van der Waals surface area (Å²) in [6, 6.07) is 16.2. The molecular weight excluding hydrogens is 336 g/mol. The lowest BCUT2D eigenvalue weighted by atomic mass is 9.97. The number of nitrogens with one attached hydrogen (secondary N) is 1. The fourth-order valence-electron chi connectivity index (χ4n) is 3.94. The van der Waals surface area contributed by atoms with E-state index >= 15 is 0 Å². The SMILES string of the molecule is CCCCOCCCN1C(=O)c2ccccc2[C@H]1c1c[nH]c2ccccc12. The van der Waals surface area contributed by atoms with Gasteiger partial charge in [0.1, 0.15) is 0 Å². The Labute approximate surface area is 160 Å². The third-order valence-electron chi connectivity index (χ3n) is 5.30. The van der Waals surface area contributed by atoms with Crippen molar-refractivity contribution in [1.82, 2.24) is 9.88 Å². The van der Waals surface area contributed by atoms with Crippen LogP contribution in [0, 0.1) is 0 Å². The third kappa shape index (κ3) is 3.37. The summed E-state index contributed by atoms with van der Waals surface area (Å²) in [6.07, 6.45) is 5.13. The summed E-state index contributed by atoms with van der Waals surface area (Å²) in [5, 5.41) is 1.18. The lowest BCUT2D eigenvalue weighted by Crippen LogP contribution is -2.30. The van der Waals surface area contributed by atoms with E-state index in [4.69, 9.17) is 4.74 Å². The van der Waals surface area contributed by atoms with E-state index in [-0.39, 0.29) is 11.9 Å². The first-order valence-corrected chi connectivity index (χ1v) is 9.85. The predicted octanol–water partition coefficient (Wildman–Crippen LogP) is 4.92. The van der Waals surface area contributed by atoms with Crippen molar-refractivity contribution in [2.45, 2.75) is 32.2 Å². The van der Waals surface area contributed by atoms with E-state index in [0.29, 0.717) is 13.2 Å². The Morgan fingerprint density at radius 2 is 1.78 bits per heavy atom. The van der Waals surface area contributed by atoms with Crippen LogP contribution < -0.4 is 0 Å². The van der Waals surface area contributed by atoms with Crippen LogP contribution in [-0.2, 0) is 4.74 Å². The van der Waals surface area contributed by atoms with E-state index in [1.54, 1.807) is 0 Å². The summed E-state index contributed by atoms with van der Waals surface area (Å²) in [5.41, 5.74) is 4.18. The second-order valence-electron chi connectivity index (χ2n) is 7.10. The lowest BCUT2D eigenvalue weighted by Gasteiger charge is -2.25. The Morgan fingerprint density at radius 1 is 1.00 bits per heavy atom. The minimum absolute atomic E-state index is 0.0412. The molecule has 2 heterocycles. The lowest BCUT2D eigenvalue weighted by molar-refractivity contribution is 0.0709. The highest BCUT2D eigenvalue weighted by atomic mass is 16.5. The van der Waals surface area contributed by atoms with Gasteiger partial charge in [-0.1, -0.05) is 49.7 Å². The van der Waals surface area contributed by atoms with Crippen molar-refractivity contribution in [3.8, 4) is 0 Å². The van der Waals surface area contributed by atoms with Crippen molar-refractivity contribution >= 4 is 16.8 Å². The molecule has 1 aliphatic rings. The Balaban J connectivity index is 1.60. The van der Waals surface area contributed by atoms with Crippen molar-refractivity contribution < 1.29 is 9.53 Å². The summed E-state index contributed by atoms with van der Waals surface area (Å²) in [7, 11) is 0. The van der Waals surface area contributed by atoms with Crippen LogP contribution in [0.25, 0.3) is 10.9 Å². The molecule has 2 aromatic carbocycles. The molecule has 1 N–H and O–H groups in total. The summed E-state index contributed by atoms with van der Waals surface area (Å²) in [4.78, 5) is 18.4. The van der Waals surface area contributed by atoms with Gasteiger partial charge in [0.2, 0.25) is 0 Å². The maximum absolute atomic E-state index is 13.1. The number of carbonyl (C=O) groups excluding carboxylic acids is 1. The zero-order valence-electron chi connectivity index (χ0n) is 15.8. The van der Waals surface area contributed by atoms with Gasteiger partial charge in [-0.2, -0.15) is 0 Å². The Hall–Kier alpha value is -2.59. The highest BCUT2D eigenvalue weighted by Gasteiger charge is 2.38. The Morgan fingerprint density at radius 3 is 2.67 bits per heavy atom. The molecule has 4 rings (SSSR count). The fraction of sp³-hybridized carbons (Fsp3) is 0.348. The Kier molecular flexibility index (Phi) is 5.26. The smallest absolute Gasteiger partial charge is 0.255 e. The molecule has 0 unspecified atom stereocenters. The first-order chi connectivity index (χ1) is 13.3. The average Bonchev–Trinajstić information content (AvgIpc) is 3.24. The minimum Gasteiger partial charge on any atom is -0.381 e. The van der Waals surface area contributed by atoms with Crippen molar-refractivity contribution in [2.24, 2.45) is 0 Å². The van der Waals surface area contributed by atoms with Crippen LogP contribution in [0.1, 0.15) is 53.7 Å². The molecule has 0 saturated heterocycles. The summed E-state index contributed by atoms with van der Waals surface area (Å²) >= 11 is 0. The van der Waals surface area contributed by atoms with E-state index in [0.717, 1.165) is 48.1 Å². The quantitative estimate of drug-likeness (QED) is 0.578. The van der Waals surface area contributed by atoms with E-state index in [2.05, 4.69) is 36.3 Å². The van der Waals surface area contributed by atoms with E-state index in [1.165, 1.54) is 5.39 Å². The molecule has 1 aromatic heterocycles. The molecule has 140 valence electrons. The van der Waals surface area contributed by atoms with Crippen LogP contribution >= 0.6 is 0 Å². The number of hydrogen-bond acceptors (Lipinski definition) is 2. The van der Waals surface area contributed by atoms with Crippen LogP contribution in [0.4, 0.5) is 0 Å². The van der Waals surface area contributed by atoms with Gasteiger partial charge in [0.25, 0.3) is 5.91 Å². The second kappa shape index (κ2) is 7.97. The van der Waals surface area contributed by atoms with Crippen molar-refractivity contribution in [3.63, 3.8) is 0 Å². The number of aromatic nitrogens is 1. The monoisotopic (exact) mass is 362 g/mol. The molecule has 1 aliphatic heterocycles. The normalized spacial score (nSPS) is 16.3. The number of aromatic amines is 1. The maximum atomic E-state index is 13.1. The zero-order chi connectivity index (χ0) is 18.6. The minimum atomic E-state index is -0.0412. The van der Waals surface area contributed by atoms with Gasteiger partial charge in [-0.25, -0.2) is 0 Å². The second-order valence-corrected chi connectivity index (χ2v) is 7.10. The zero-order valence-corrected chi connectivity index (χ0v) is 15.8. The van der Waals surface area contributed by atoms with Crippen molar-refractivity contribution in [2.75, 3.05) is 19.8 Å². The van der Waals surface area contributed by atoms with E-state index < -0.39 is 0 Å². The van der Waals surface area contributed by atoms with Crippen LogP contribution in [0.3, 0.4) is 0 Å². The van der Waals surface area contributed by atoms with Gasteiger partial charge >= 0.3 is 0 Å². The van der Waals surface area contributed by atoms with E-state index in [1.807, 2.05) is 35.2 Å². The number of ether oxygens (including phenoxy) is 1. The van der Waals surface area contributed by atoms with Gasteiger partial charge in [0, 0.05) is 48.0 Å². The molecule has 1 amide bonds. The molecule has 27 heavy (non-hydrogen) atoms. The van der Waals surface area contributed by atoms with Gasteiger partial charge in [-0.3, -0.25) is 4.79 Å². The molecule has 0 saturated carbocycles. The number of H-pyrrole nitrogens is 1. The van der Waals surface area contributed by atoms with E-state index in [9.17, 15) is 4.79 Å². The summed E-state index contributed by atoms with van der Waals surface area (Å²) in [5.74, 6) is 0.120. The van der Waals surface area contributed by atoms with Crippen LogP contribution in [-0.4, -0.2) is 35.5 Å². The standard InChI is InChI=1S/C23H26N2O2/c1-2-3-14-27-15-8-13-25-22(18-10-4-5-11-19(18)23(25)26)20-16-24-21-12-7-6-9-17(20)21/h4-7,9-12,16,22,24H,2-3,8,13-15H2,1H3/t22-/m0/s1. The molecule has 1 atom stereocenters. The van der Waals surface area contributed by atoms with Gasteiger partial charge in [-0.05, 0) is 30.5 Å². The van der Waals surface area contributed by atoms with Gasteiger partial charge in [0.15, 0.2) is 0 Å². The maximum Gasteiger partial charge on any atom is 0.255 e. The predicted molar refractivity (Wildman–Crippen MR) is 108 cm³/mol. The number of nitrogens with zero attached hydrogens (tertiary/aromatic N) is 1. The van der Waals surface area contributed by atoms with Crippen LogP contribution in [0.2, 0.25) is 0 Å². The highest BCUT2D eigenvalue weighted by molar-refractivity contribution is 6.00. The summed E-state index contributed by atoms with van der Waals surface area (Å²) in [6.45, 7) is 4.36. The molecule has 0 spiro atoms. The first kappa shape index (κ1) is 17.8. The molecule has 0 bridgehead atoms. The molecule has 4 nitrogen and oxygen atoms in total. The van der Waals surface area contributed by atoms with Crippen LogP contribution in [0.5, 0.6) is 0 Å². The van der Waals surface area contributed by atoms with Gasteiger partial charge < -0.3 is 14.6 Å². The molecule has 3 aromatic rings. The van der Waals surface area contributed by atoms with Crippen LogP contribution in [0.15, 0.2) is 54.7 Å². The number of benzene rings is 2. The average molecular weight is 362 g/mol. The van der Waals surface area contributed by atoms with Crippen molar-refractivity contribution in [1.29, 1.82) is 0 Å². The number of para-hydroxylation sites is 1. The largest absolute Gasteiger partial charge is 0.381 e. The molecule has 0 fully saturated rings. The fourth-order valence-corrected chi connectivity index (χ4v) is 3.94. The topological polar surface area (TPSA) is 45.3 Å². The van der Waals surface area contributed by atoms with Gasteiger partial charge in [-0.15, -0.1) is 0 Å². The highest BCUT2D eigenvalue weighted by Crippen LogP contribution is 2.40. The molecule has 0 radical (unpaired) electrons. The number of hydrogen-bond donors (Lipinski definition) is 1. The molecular formula is C23H26N2O2. The number of carbonyl (C=O) groups is 1. The van der Waals surface area contributed by atoms with Gasteiger partial charge in [0.05, 0.1) is 6.04 Å². The molecule has 0 aliphatic carbocycles. The summed E-state index contributed by atoms with van der Waals surface area (Å²) < 4.78 is 5.70. The third-order valence-corrected chi connectivity index (χ3v) is 5.30. The Bertz CT molecular complexity index is 931. The number of amides is 1. The first-order valence-electron chi connectivity index (χ1n) is 9.85. The number of unbranched alkanes of at least 4 members (excludes halogenated alkanes) is 1. The number of rotatable bonds is 8. The van der Waals surface area contributed by atoms with Crippen molar-refractivity contribution in [3.05, 3.63) is 71.4 Å².